The first-order valence-corrected chi connectivity index (χ1v) is 8.64. The third kappa shape index (κ3) is 4.54. The van der Waals surface area contributed by atoms with Crippen LogP contribution < -0.4 is 0 Å². The molecule has 0 bridgehead atoms. The molecule has 1 aliphatic rings. The van der Waals surface area contributed by atoms with E-state index in [2.05, 4.69) is 36.7 Å². The molecule has 0 N–H and O–H groups in total. The van der Waals surface area contributed by atoms with Gasteiger partial charge in [-0.25, -0.2) is 0 Å². The van der Waals surface area contributed by atoms with Crippen LogP contribution in [-0.2, 0) is 22.6 Å². The van der Waals surface area contributed by atoms with Gasteiger partial charge in [0.1, 0.15) is 0 Å². The van der Waals surface area contributed by atoms with Crippen molar-refractivity contribution >= 4 is 5.91 Å². The van der Waals surface area contributed by atoms with Crippen LogP contribution in [0.2, 0.25) is 0 Å². The lowest BCUT2D eigenvalue weighted by Gasteiger charge is -2.18. The van der Waals surface area contributed by atoms with Gasteiger partial charge in [-0.2, -0.15) is 0 Å². The van der Waals surface area contributed by atoms with E-state index in [-0.39, 0.29) is 17.9 Å². The fourth-order valence-corrected chi connectivity index (χ4v) is 3.33. The van der Waals surface area contributed by atoms with Crippen LogP contribution in [0.1, 0.15) is 16.8 Å². The van der Waals surface area contributed by atoms with Gasteiger partial charge in [0.15, 0.2) is 0 Å². The summed E-state index contributed by atoms with van der Waals surface area (Å²) in [6.07, 6.45) is 3.99. The third-order valence-corrected chi connectivity index (χ3v) is 4.61. The lowest BCUT2D eigenvalue weighted by molar-refractivity contribution is -0.125. The molecule has 0 spiro atoms. The number of hydrogen-bond acceptors (Lipinski definition) is 3. The molecule has 2 atom stereocenters. The number of amides is 1. The number of likely N-dealkylation sites (tertiary alicyclic amines) is 1. The zero-order valence-electron chi connectivity index (χ0n) is 14.6. The highest BCUT2D eigenvalue weighted by atomic mass is 16.5. The van der Waals surface area contributed by atoms with Crippen molar-refractivity contribution in [1.29, 1.82) is 0 Å². The molecule has 1 saturated heterocycles. The van der Waals surface area contributed by atoms with Crippen molar-refractivity contribution in [3.8, 4) is 0 Å². The Hall–Kier alpha value is -2.46. The number of rotatable bonds is 6. The lowest BCUT2D eigenvalue weighted by atomic mass is 9.99. The zero-order valence-corrected chi connectivity index (χ0v) is 14.6. The van der Waals surface area contributed by atoms with Crippen molar-refractivity contribution in [3.05, 3.63) is 78.1 Å². The summed E-state index contributed by atoms with van der Waals surface area (Å²) in [5.41, 5.74) is 3.41. The van der Waals surface area contributed by atoms with Crippen LogP contribution in [0.5, 0.6) is 0 Å². The summed E-state index contributed by atoms with van der Waals surface area (Å²) in [5.74, 6) is 0.205. The lowest BCUT2D eigenvalue weighted by Crippen LogP contribution is -2.28. The minimum absolute atomic E-state index is 0.00594. The number of carbonyl (C=O) groups excluding carboxylic acids is 1. The van der Waals surface area contributed by atoms with Crippen LogP contribution in [0.3, 0.4) is 0 Å². The Labute approximate surface area is 149 Å². The quantitative estimate of drug-likeness (QED) is 0.761. The predicted molar refractivity (Wildman–Crippen MR) is 98.0 cm³/mol. The molecule has 4 heteroatoms. The van der Waals surface area contributed by atoms with Crippen molar-refractivity contribution in [2.45, 2.75) is 26.1 Å². The molecule has 2 aromatic rings. The maximum atomic E-state index is 12.0. The molecule has 3 rings (SSSR count). The number of benzene rings is 1. The van der Waals surface area contributed by atoms with E-state index in [9.17, 15) is 4.79 Å². The van der Waals surface area contributed by atoms with E-state index in [0.717, 1.165) is 17.7 Å². The summed E-state index contributed by atoms with van der Waals surface area (Å²) in [4.78, 5) is 18.3. The van der Waals surface area contributed by atoms with Crippen molar-refractivity contribution in [3.63, 3.8) is 0 Å². The van der Waals surface area contributed by atoms with E-state index in [1.807, 2.05) is 29.2 Å². The SMILES string of the molecule is C=CC(=O)N1C[C@@H](Cc2ccccn2)[C@H](OCc2cccc(C)c2)C1. The van der Waals surface area contributed by atoms with Crippen molar-refractivity contribution in [1.82, 2.24) is 9.88 Å². The molecule has 4 nitrogen and oxygen atoms in total. The zero-order chi connectivity index (χ0) is 17.6. The Morgan fingerprint density at radius 3 is 2.92 bits per heavy atom. The number of nitrogens with zero attached hydrogens (tertiary/aromatic N) is 2. The molecule has 0 radical (unpaired) electrons. The number of pyridine rings is 1. The first-order chi connectivity index (χ1) is 12.2. The number of ether oxygens (including phenoxy) is 1. The van der Waals surface area contributed by atoms with Gasteiger partial charge in [-0.15, -0.1) is 0 Å². The van der Waals surface area contributed by atoms with E-state index >= 15 is 0 Å². The van der Waals surface area contributed by atoms with Crippen LogP contribution in [-0.4, -0.2) is 35.0 Å². The van der Waals surface area contributed by atoms with Gasteiger partial charge >= 0.3 is 0 Å². The second-order valence-corrected chi connectivity index (χ2v) is 6.57. The first kappa shape index (κ1) is 17.4. The fourth-order valence-electron chi connectivity index (χ4n) is 3.33. The maximum absolute atomic E-state index is 12.0. The van der Waals surface area contributed by atoms with E-state index in [1.54, 1.807) is 6.20 Å². The average Bonchev–Trinajstić information content (AvgIpc) is 3.03. The molecular weight excluding hydrogens is 312 g/mol. The maximum Gasteiger partial charge on any atom is 0.246 e. The van der Waals surface area contributed by atoms with Gasteiger partial charge in [0.2, 0.25) is 5.91 Å². The van der Waals surface area contributed by atoms with Crippen molar-refractivity contribution in [2.24, 2.45) is 5.92 Å². The summed E-state index contributed by atoms with van der Waals surface area (Å²) in [5, 5.41) is 0. The summed E-state index contributed by atoms with van der Waals surface area (Å²) in [6.45, 7) is 7.52. The van der Waals surface area contributed by atoms with E-state index < -0.39 is 0 Å². The van der Waals surface area contributed by atoms with Gasteiger partial charge < -0.3 is 9.64 Å². The Morgan fingerprint density at radius 2 is 2.20 bits per heavy atom. The van der Waals surface area contributed by atoms with E-state index in [1.165, 1.54) is 11.6 Å². The highest BCUT2D eigenvalue weighted by Crippen LogP contribution is 2.25. The molecule has 1 amide bonds. The minimum Gasteiger partial charge on any atom is -0.371 e. The summed E-state index contributed by atoms with van der Waals surface area (Å²) in [6, 6.07) is 14.3. The third-order valence-electron chi connectivity index (χ3n) is 4.61. The second kappa shape index (κ2) is 8.08. The highest BCUT2D eigenvalue weighted by Gasteiger charge is 2.35. The first-order valence-electron chi connectivity index (χ1n) is 8.64. The Balaban J connectivity index is 1.68. The molecule has 25 heavy (non-hydrogen) atoms. The largest absolute Gasteiger partial charge is 0.371 e. The number of aryl methyl sites for hydroxylation is 1. The van der Waals surface area contributed by atoms with Gasteiger partial charge in [0.25, 0.3) is 0 Å². The topological polar surface area (TPSA) is 42.4 Å². The Bertz CT molecular complexity index is 730. The van der Waals surface area contributed by atoms with Gasteiger partial charge in [-0.3, -0.25) is 9.78 Å². The van der Waals surface area contributed by atoms with Crippen LogP contribution >= 0.6 is 0 Å². The normalized spacial score (nSPS) is 19.8. The van der Waals surface area contributed by atoms with Crippen LogP contribution in [0.25, 0.3) is 0 Å². The van der Waals surface area contributed by atoms with E-state index in [0.29, 0.717) is 19.7 Å². The highest BCUT2D eigenvalue weighted by molar-refractivity contribution is 5.87. The van der Waals surface area contributed by atoms with Gasteiger partial charge in [-0.05, 0) is 37.1 Å². The molecule has 2 heterocycles. The molecule has 0 saturated carbocycles. The van der Waals surface area contributed by atoms with Crippen molar-refractivity contribution < 1.29 is 9.53 Å². The molecular formula is C21H24N2O2. The Kier molecular flexibility index (Phi) is 5.61. The van der Waals surface area contributed by atoms with Gasteiger partial charge in [0, 0.05) is 30.9 Å². The standard InChI is InChI=1S/C21H24N2O2/c1-3-21(24)23-13-18(12-19-9-4-5-10-22-19)20(14-23)25-15-17-8-6-7-16(2)11-17/h3-11,18,20H,1,12-15H2,2H3/t18-,20-/m1/s1. The van der Waals surface area contributed by atoms with E-state index in [4.69, 9.17) is 4.74 Å². The summed E-state index contributed by atoms with van der Waals surface area (Å²) >= 11 is 0. The molecule has 0 aliphatic carbocycles. The monoisotopic (exact) mass is 336 g/mol. The molecule has 1 aromatic heterocycles. The van der Waals surface area contributed by atoms with Crippen LogP contribution in [0, 0.1) is 12.8 Å². The molecule has 130 valence electrons. The second-order valence-electron chi connectivity index (χ2n) is 6.57. The predicted octanol–water partition coefficient (Wildman–Crippen LogP) is 3.16. The Morgan fingerprint density at radius 1 is 1.32 bits per heavy atom. The molecule has 1 fully saturated rings. The van der Waals surface area contributed by atoms with Crippen LogP contribution in [0.15, 0.2) is 61.3 Å². The van der Waals surface area contributed by atoms with Crippen molar-refractivity contribution in [2.75, 3.05) is 13.1 Å². The summed E-state index contributed by atoms with van der Waals surface area (Å²) < 4.78 is 6.20. The molecule has 1 aliphatic heterocycles. The van der Waals surface area contributed by atoms with Gasteiger partial charge in [0.05, 0.1) is 12.7 Å². The number of carbonyl (C=O) groups is 1. The smallest absolute Gasteiger partial charge is 0.246 e. The molecule has 1 aromatic carbocycles. The van der Waals surface area contributed by atoms with Crippen LogP contribution in [0.4, 0.5) is 0 Å². The average molecular weight is 336 g/mol. The minimum atomic E-state index is -0.0346. The molecule has 0 unspecified atom stereocenters. The summed E-state index contributed by atoms with van der Waals surface area (Å²) in [7, 11) is 0. The number of hydrogen-bond donors (Lipinski definition) is 0. The number of aromatic nitrogens is 1. The van der Waals surface area contributed by atoms with Gasteiger partial charge in [-0.1, -0.05) is 42.5 Å². The fraction of sp³-hybridized carbons (Fsp3) is 0.333.